The summed E-state index contributed by atoms with van der Waals surface area (Å²) in [6, 6.07) is 18.2. The Balaban J connectivity index is 1.52. The minimum Gasteiger partial charge on any atom is -0.460 e. The fraction of sp³-hybridized carbons (Fsp3) is 0.440. The molecule has 2 atom stereocenters. The molecule has 0 amide bonds. The number of alkyl halides is 2. The first kappa shape index (κ1) is 20.6. The molecule has 3 aromatic carbocycles. The number of rotatable bonds is 11. The van der Waals surface area contributed by atoms with Crippen molar-refractivity contribution in [3.05, 3.63) is 54.6 Å². The Morgan fingerprint density at radius 1 is 0.786 bits per heavy atom. The molecule has 0 N–H and O–H groups in total. The van der Waals surface area contributed by atoms with Crippen molar-refractivity contribution in [2.75, 3.05) is 6.67 Å². The lowest BCUT2D eigenvalue weighted by Crippen LogP contribution is -2.19. The lowest BCUT2D eigenvalue weighted by atomic mass is 10.0. The number of hydrogen-bond donors (Lipinski definition) is 0. The maximum atomic E-state index is 14.5. The first-order valence-electron chi connectivity index (χ1n) is 10.5. The number of ether oxygens (including phenoxy) is 1. The van der Waals surface area contributed by atoms with E-state index in [4.69, 9.17) is 4.74 Å². The summed E-state index contributed by atoms with van der Waals surface area (Å²) in [6.07, 6.45) is 5.36. The van der Waals surface area contributed by atoms with Crippen molar-refractivity contribution in [3.63, 3.8) is 0 Å². The third-order valence-electron chi connectivity index (χ3n) is 5.46. The van der Waals surface area contributed by atoms with Gasteiger partial charge in [-0.25, -0.2) is 4.39 Å². The summed E-state index contributed by atoms with van der Waals surface area (Å²) < 4.78 is 32.2. The van der Waals surface area contributed by atoms with Gasteiger partial charge in [-0.05, 0) is 46.5 Å². The molecule has 3 rings (SSSR count). The van der Waals surface area contributed by atoms with Crippen LogP contribution < -0.4 is 4.74 Å². The summed E-state index contributed by atoms with van der Waals surface area (Å²) in [7, 11) is 0. The lowest BCUT2D eigenvalue weighted by molar-refractivity contribution is 0.0150. The summed E-state index contributed by atoms with van der Waals surface area (Å²) in [5.74, 6) is 0.437. The molecule has 0 fully saturated rings. The average Bonchev–Trinajstić information content (AvgIpc) is 2.72. The molecule has 0 radical (unpaired) electrons. The summed E-state index contributed by atoms with van der Waals surface area (Å²) in [4.78, 5) is 0. The van der Waals surface area contributed by atoms with Crippen molar-refractivity contribution in [2.24, 2.45) is 5.92 Å². The van der Waals surface area contributed by atoms with E-state index in [0.29, 0.717) is 12.2 Å². The highest BCUT2D eigenvalue weighted by molar-refractivity contribution is 6.07. The van der Waals surface area contributed by atoms with Crippen LogP contribution in [0.4, 0.5) is 8.78 Å². The number of fused-ring (bicyclic) bond motifs is 3. The minimum absolute atomic E-state index is 0.141. The minimum atomic E-state index is -1.30. The largest absolute Gasteiger partial charge is 0.460 e. The Bertz CT molecular complexity index is 877. The van der Waals surface area contributed by atoms with Crippen molar-refractivity contribution in [1.29, 1.82) is 0 Å². The van der Waals surface area contributed by atoms with E-state index in [0.717, 1.165) is 49.3 Å². The van der Waals surface area contributed by atoms with Crippen molar-refractivity contribution < 1.29 is 13.5 Å². The molecule has 0 spiro atoms. The van der Waals surface area contributed by atoms with Crippen LogP contribution in [-0.4, -0.2) is 13.0 Å². The topological polar surface area (TPSA) is 9.23 Å². The van der Waals surface area contributed by atoms with Gasteiger partial charge in [0.15, 0.2) is 0 Å². The standard InChI is InChI=1S/C25H30F2O/c1-19(10-6-4-2-3-5-9-17-26)25(27)28-22-15-16-24-21(18-22)14-13-20-11-7-8-12-23(20)24/h7-8,11-16,18-19,25H,2-6,9-10,17H2,1H3. The zero-order valence-corrected chi connectivity index (χ0v) is 16.7. The van der Waals surface area contributed by atoms with Crippen LogP contribution >= 0.6 is 0 Å². The maximum Gasteiger partial charge on any atom is 0.241 e. The van der Waals surface area contributed by atoms with Gasteiger partial charge in [-0.3, -0.25) is 4.39 Å². The van der Waals surface area contributed by atoms with Gasteiger partial charge >= 0.3 is 0 Å². The predicted molar refractivity (Wildman–Crippen MR) is 114 cm³/mol. The number of halogens is 2. The lowest BCUT2D eigenvalue weighted by Gasteiger charge is -2.18. The number of benzene rings is 3. The average molecular weight is 385 g/mol. The molecule has 0 aliphatic carbocycles. The quantitative estimate of drug-likeness (QED) is 0.240. The molecule has 1 nitrogen and oxygen atoms in total. The molecule has 0 saturated heterocycles. The molecule has 3 heteroatoms. The Morgan fingerprint density at radius 2 is 1.46 bits per heavy atom. The van der Waals surface area contributed by atoms with Crippen LogP contribution in [0.3, 0.4) is 0 Å². The van der Waals surface area contributed by atoms with Gasteiger partial charge in [0.2, 0.25) is 6.36 Å². The Morgan fingerprint density at radius 3 is 2.29 bits per heavy atom. The van der Waals surface area contributed by atoms with Crippen molar-refractivity contribution in [1.82, 2.24) is 0 Å². The van der Waals surface area contributed by atoms with Crippen LogP contribution in [0.1, 0.15) is 51.9 Å². The van der Waals surface area contributed by atoms with Gasteiger partial charge in [0.05, 0.1) is 6.67 Å². The summed E-state index contributed by atoms with van der Waals surface area (Å²) in [6.45, 7) is 1.69. The van der Waals surface area contributed by atoms with Gasteiger partial charge in [-0.1, -0.05) is 81.5 Å². The third kappa shape index (κ3) is 5.43. The fourth-order valence-electron chi connectivity index (χ4n) is 3.71. The molecular weight excluding hydrogens is 354 g/mol. The highest BCUT2D eigenvalue weighted by Gasteiger charge is 2.18. The monoisotopic (exact) mass is 384 g/mol. The second-order valence-corrected chi connectivity index (χ2v) is 7.71. The van der Waals surface area contributed by atoms with Crippen LogP contribution in [0.15, 0.2) is 54.6 Å². The molecule has 0 aliphatic rings. The van der Waals surface area contributed by atoms with Crippen molar-refractivity contribution in [2.45, 2.75) is 58.2 Å². The Labute approximate surface area is 166 Å². The first-order valence-corrected chi connectivity index (χ1v) is 10.5. The zero-order valence-electron chi connectivity index (χ0n) is 16.7. The SMILES string of the molecule is CC(CCCCCCCCF)C(F)Oc1ccc2c(ccc3ccccc32)c1. The summed E-state index contributed by atoms with van der Waals surface area (Å²) in [5.41, 5.74) is 0. The Kier molecular flexibility index (Phi) is 7.64. The van der Waals surface area contributed by atoms with E-state index >= 15 is 0 Å². The maximum absolute atomic E-state index is 14.5. The van der Waals surface area contributed by atoms with E-state index in [2.05, 4.69) is 24.3 Å². The Hall–Kier alpha value is -2.16. The van der Waals surface area contributed by atoms with Crippen molar-refractivity contribution in [3.8, 4) is 5.75 Å². The normalized spacial score (nSPS) is 13.7. The summed E-state index contributed by atoms with van der Waals surface area (Å²) >= 11 is 0. The van der Waals surface area contributed by atoms with Crippen LogP contribution in [0.2, 0.25) is 0 Å². The van der Waals surface area contributed by atoms with Gasteiger partial charge in [0.1, 0.15) is 5.75 Å². The molecule has 0 bridgehead atoms. The molecule has 0 heterocycles. The van der Waals surface area contributed by atoms with E-state index in [1.807, 2.05) is 37.3 Å². The molecule has 28 heavy (non-hydrogen) atoms. The molecular formula is C25H30F2O. The molecule has 2 unspecified atom stereocenters. The van der Waals surface area contributed by atoms with Gasteiger partial charge in [-0.2, -0.15) is 0 Å². The molecule has 0 aromatic heterocycles. The zero-order chi connectivity index (χ0) is 19.8. The molecule has 0 aliphatic heterocycles. The van der Waals surface area contributed by atoms with E-state index in [1.165, 1.54) is 10.8 Å². The van der Waals surface area contributed by atoms with Crippen LogP contribution in [0.25, 0.3) is 21.5 Å². The fourth-order valence-corrected chi connectivity index (χ4v) is 3.71. The second kappa shape index (κ2) is 10.4. The van der Waals surface area contributed by atoms with Gasteiger partial charge in [0.25, 0.3) is 0 Å². The van der Waals surface area contributed by atoms with E-state index in [1.54, 1.807) is 0 Å². The molecule has 3 aromatic rings. The third-order valence-corrected chi connectivity index (χ3v) is 5.46. The van der Waals surface area contributed by atoms with Crippen LogP contribution in [-0.2, 0) is 0 Å². The highest BCUT2D eigenvalue weighted by Crippen LogP contribution is 2.29. The van der Waals surface area contributed by atoms with Gasteiger partial charge in [0, 0.05) is 5.92 Å². The van der Waals surface area contributed by atoms with E-state index in [9.17, 15) is 8.78 Å². The number of unbranched alkanes of at least 4 members (excludes halogenated alkanes) is 5. The van der Waals surface area contributed by atoms with Crippen LogP contribution in [0, 0.1) is 5.92 Å². The smallest absolute Gasteiger partial charge is 0.241 e. The van der Waals surface area contributed by atoms with E-state index < -0.39 is 6.36 Å². The highest BCUT2D eigenvalue weighted by atomic mass is 19.1. The predicted octanol–water partition coefficient (Wildman–Crippen LogP) is 8.00. The molecule has 0 saturated carbocycles. The first-order chi connectivity index (χ1) is 13.7. The van der Waals surface area contributed by atoms with Crippen LogP contribution in [0.5, 0.6) is 5.75 Å². The van der Waals surface area contributed by atoms with E-state index in [-0.39, 0.29) is 12.6 Å². The number of hydrogen-bond acceptors (Lipinski definition) is 1. The summed E-state index contributed by atoms with van der Waals surface area (Å²) in [5, 5.41) is 4.61. The van der Waals surface area contributed by atoms with Gasteiger partial charge < -0.3 is 4.74 Å². The molecule has 150 valence electrons. The van der Waals surface area contributed by atoms with Crippen molar-refractivity contribution >= 4 is 21.5 Å². The second-order valence-electron chi connectivity index (χ2n) is 7.71. The van der Waals surface area contributed by atoms with Gasteiger partial charge in [-0.15, -0.1) is 0 Å².